The fraction of sp³-hybridized carbons (Fsp3) is 0.548. The molecule has 188 valence electrons. The molecule has 2 aromatic carbocycles. The maximum atomic E-state index is 12.8. The van der Waals surface area contributed by atoms with Gasteiger partial charge in [0, 0.05) is 32.0 Å². The molecule has 1 fully saturated rings. The molecular formula is C31H43N3O. The lowest BCUT2D eigenvalue weighted by Gasteiger charge is -2.17. The first kappa shape index (κ1) is 25.5. The third-order valence-corrected chi connectivity index (χ3v) is 7.51. The summed E-state index contributed by atoms with van der Waals surface area (Å²) < 4.78 is 2.42. The van der Waals surface area contributed by atoms with Gasteiger partial charge in [0.1, 0.15) is 5.82 Å². The molecule has 0 aliphatic carbocycles. The van der Waals surface area contributed by atoms with E-state index in [2.05, 4.69) is 60.0 Å². The summed E-state index contributed by atoms with van der Waals surface area (Å²) in [4.78, 5) is 19.9. The predicted octanol–water partition coefficient (Wildman–Crippen LogP) is 7.52. The van der Waals surface area contributed by atoms with Gasteiger partial charge >= 0.3 is 0 Å². The number of hydrogen-bond donors (Lipinski definition) is 0. The predicted molar refractivity (Wildman–Crippen MR) is 146 cm³/mol. The SMILES string of the molecule is CCCCCCCCCCCCn1c(C2CC(=O)N(CCc3ccccc3)C2)nc2ccccc21. The molecule has 0 bridgehead atoms. The molecule has 1 unspecified atom stereocenters. The number of fused-ring (bicyclic) bond motifs is 1. The van der Waals surface area contributed by atoms with Crippen LogP contribution in [-0.2, 0) is 17.8 Å². The van der Waals surface area contributed by atoms with Gasteiger partial charge in [0.05, 0.1) is 11.0 Å². The summed E-state index contributed by atoms with van der Waals surface area (Å²) in [6.45, 7) is 4.85. The number of para-hydroxylation sites is 2. The highest BCUT2D eigenvalue weighted by atomic mass is 16.2. The largest absolute Gasteiger partial charge is 0.342 e. The van der Waals surface area contributed by atoms with Crippen molar-refractivity contribution in [2.45, 2.75) is 96.4 Å². The van der Waals surface area contributed by atoms with Crippen molar-refractivity contribution in [3.05, 3.63) is 66.0 Å². The summed E-state index contributed by atoms with van der Waals surface area (Å²) in [6.07, 6.45) is 14.9. The number of imidazole rings is 1. The minimum absolute atomic E-state index is 0.189. The van der Waals surface area contributed by atoms with E-state index in [0.717, 1.165) is 37.4 Å². The monoisotopic (exact) mass is 473 g/mol. The van der Waals surface area contributed by atoms with Crippen LogP contribution in [0, 0.1) is 0 Å². The van der Waals surface area contributed by atoms with E-state index in [4.69, 9.17) is 4.98 Å². The van der Waals surface area contributed by atoms with E-state index < -0.39 is 0 Å². The normalized spacial score (nSPS) is 16.0. The van der Waals surface area contributed by atoms with E-state index >= 15 is 0 Å². The number of rotatable bonds is 15. The van der Waals surface area contributed by atoms with Gasteiger partial charge in [0.2, 0.25) is 5.91 Å². The number of hydrogen-bond acceptors (Lipinski definition) is 2. The third-order valence-electron chi connectivity index (χ3n) is 7.51. The van der Waals surface area contributed by atoms with Gasteiger partial charge < -0.3 is 9.47 Å². The van der Waals surface area contributed by atoms with Crippen molar-refractivity contribution in [2.24, 2.45) is 0 Å². The molecule has 3 aromatic rings. The zero-order valence-electron chi connectivity index (χ0n) is 21.6. The van der Waals surface area contributed by atoms with Crippen molar-refractivity contribution in [3.8, 4) is 0 Å². The van der Waals surface area contributed by atoms with Crippen LogP contribution in [0.1, 0.15) is 94.9 Å². The van der Waals surface area contributed by atoms with Crippen LogP contribution in [0.2, 0.25) is 0 Å². The molecule has 1 amide bonds. The van der Waals surface area contributed by atoms with Gasteiger partial charge in [-0.05, 0) is 30.5 Å². The fourth-order valence-corrected chi connectivity index (χ4v) is 5.47. The average Bonchev–Trinajstić information content (AvgIpc) is 3.44. The number of likely N-dealkylation sites (tertiary alicyclic amines) is 1. The lowest BCUT2D eigenvalue weighted by atomic mass is 10.1. The van der Waals surface area contributed by atoms with Crippen LogP contribution in [0.25, 0.3) is 11.0 Å². The van der Waals surface area contributed by atoms with Crippen molar-refractivity contribution in [1.82, 2.24) is 14.5 Å². The number of unbranched alkanes of at least 4 members (excludes halogenated alkanes) is 9. The van der Waals surface area contributed by atoms with Crippen molar-refractivity contribution in [1.29, 1.82) is 0 Å². The van der Waals surface area contributed by atoms with Crippen molar-refractivity contribution in [3.63, 3.8) is 0 Å². The number of aromatic nitrogens is 2. The molecule has 1 atom stereocenters. The molecule has 0 N–H and O–H groups in total. The standard InChI is InChI=1S/C31H43N3O/c1-2-3-4-5-6-7-8-9-10-16-22-34-29-20-15-14-19-28(29)32-31(34)27-24-30(35)33(25-27)23-21-26-17-12-11-13-18-26/h11-15,17-20,27H,2-10,16,21-25H2,1H3. The summed E-state index contributed by atoms with van der Waals surface area (Å²) >= 11 is 0. The molecule has 0 saturated carbocycles. The number of benzene rings is 2. The highest BCUT2D eigenvalue weighted by Crippen LogP contribution is 2.31. The highest BCUT2D eigenvalue weighted by molar-refractivity contribution is 5.81. The molecule has 1 aliphatic rings. The van der Waals surface area contributed by atoms with Crippen LogP contribution in [0.4, 0.5) is 0 Å². The van der Waals surface area contributed by atoms with E-state index in [9.17, 15) is 4.79 Å². The minimum atomic E-state index is 0.189. The molecule has 1 aliphatic heterocycles. The average molecular weight is 474 g/mol. The second kappa shape index (κ2) is 13.5. The molecule has 4 nitrogen and oxygen atoms in total. The first-order chi connectivity index (χ1) is 17.3. The second-order valence-electron chi connectivity index (χ2n) is 10.3. The zero-order chi connectivity index (χ0) is 24.3. The number of amides is 1. The molecule has 0 spiro atoms. The molecule has 1 aromatic heterocycles. The van der Waals surface area contributed by atoms with Crippen LogP contribution in [0.5, 0.6) is 0 Å². The Kier molecular flexibility index (Phi) is 9.80. The van der Waals surface area contributed by atoms with Gasteiger partial charge in [-0.3, -0.25) is 4.79 Å². The molecule has 2 heterocycles. The van der Waals surface area contributed by atoms with Crippen LogP contribution < -0.4 is 0 Å². The van der Waals surface area contributed by atoms with Crippen molar-refractivity contribution < 1.29 is 4.79 Å². The van der Waals surface area contributed by atoms with Gasteiger partial charge in [0.25, 0.3) is 0 Å². The summed E-state index contributed by atoms with van der Waals surface area (Å²) in [7, 11) is 0. The number of aryl methyl sites for hydroxylation is 1. The summed E-state index contributed by atoms with van der Waals surface area (Å²) in [5, 5.41) is 0. The Morgan fingerprint density at radius 3 is 2.20 bits per heavy atom. The van der Waals surface area contributed by atoms with E-state index in [0.29, 0.717) is 6.42 Å². The summed E-state index contributed by atoms with van der Waals surface area (Å²) in [6, 6.07) is 18.9. The summed E-state index contributed by atoms with van der Waals surface area (Å²) in [5.41, 5.74) is 3.57. The third kappa shape index (κ3) is 7.19. The molecule has 4 rings (SSSR count). The number of carbonyl (C=O) groups is 1. The Hall–Kier alpha value is -2.62. The van der Waals surface area contributed by atoms with Gasteiger partial charge in [-0.1, -0.05) is 107 Å². The van der Waals surface area contributed by atoms with Crippen LogP contribution in [0.3, 0.4) is 0 Å². The lowest BCUT2D eigenvalue weighted by molar-refractivity contribution is -0.127. The first-order valence-electron chi connectivity index (χ1n) is 14.0. The fourth-order valence-electron chi connectivity index (χ4n) is 5.47. The van der Waals surface area contributed by atoms with E-state index in [1.807, 2.05) is 11.0 Å². The topological polar surface area (TPSA) is 38.1 Å². The Morgan fingerprint density at radius 2 is 1.46 bits per heavy atom. The molecule has 1 saturated heterocycles. The Morgan fingerprint density at radius 1 is 0.800 bits per heavy atom. The quantitative estimate of drug-likeness (QED) is 0.214. The van der Waals surface area contributed by atoms with Crippen molar-refractivity contribution in [2.75, 3.05) is 13.1 Å². The van der Waals surface area contributed by atoms with E-state index in [-0.39, 0.29) is 11.8 Å². The van der Waals surface area contributed by atoms with Crippen LogP contribution in [-0.4, -0.2) is 33.4 Å². The van der Waals surface area contributed by atoms with Crippen molar-refractivity contribution >= 4 is 16.9 Å². The van der Waals surface area contributed by atoms with Crippen LogP contribution in [0.15, 0.2) is 54.6 Å². The lowest BCUT2D eigenvalue weighted by Crippen LogP contribution is -2.27. The van der Waals surface area contributed by atoms with Gasteiger partial charge in [-0.2, -0.15) is 0 Å². The maximum Gasteiger partial charge on any atom is 0.223 e. The maximum absolute atomic E-state index is 12.8. The molecule has 35 heavy (non-hydrogen) atoms. The smallest absolute Gasteiger partial charge is 0.223 e. The minimum Gasteiger partial charge on any atom is -0.342 e. The molecule has 4 heteroatoms. The Balaban J connectivity index is 1.30. The van der Waals surface area contributed by atoms with Gasteiger partial charge in [-0.25, -0.2) is 4.98 Å². The van der Waals surface area contributed by atoms with Gasteiger partial charge in [-0.15, -0.1) is 0 Å². The summed E-state index contributed by atoms with van der Waals surface area (Å²) in [5.74, 6) is 1.56. The molecular weight excluding hydrogens is 430 g/mol. The zero-order valence-corrected chi connectivity index (χ0v) is 21.6. The van der Waals surface area contributed by atoms with E-state index in [1.165, 1.54) is 75.3 Å². The number of carbonyl (C=O) groups excluding carboxylic acids is 1. The van der Waals surface area contributed by atoms with Crippen LogP contribution >= 0.6 is 0 Å². The molecule has 0 radical (unpaired) electrons. The Labute approximate surface area is 211 Å². The van der Waals surface area contributed by atoms with Gasteiger partial charge in [0.15, 0.2) is 0 Å². The first-order valence-corrected chi connectivity index (χ1v) is 14.0. The highest BCUT2D eigenvalue weighted by Gasteiger charge is 2.33. The number of nitrogens with zero attached hydrogens (tertiary/aromatic N) is 3. The van der Waals surface area contributed by atoms with E-state index in [1.54, 1.807) is 0 Å². The second-order valence-corrected chi connectivity index (χ2v) is 10.3. The Bertz CT molecular complexity index is 1040.